The Balaban J connectivity index is 2.24. The van der Waals surface area contributed by atoms with Crippen LogP contribution in [0.2, 0.25) is 5.02 Å². The molecule has 0 radical (unpaired) electrons. The van der Waals surface area contributed by atoms with Gasteiger partial charge in [-0.2, -0.15) is 0 Å². The molecule has 0 aliphatic heterocycles. The van der Waals surface area contributed by atoms with Crippen molar-refractivity contribution in [3.8, 4) is 0 Å². The highest BCUT2D eigenvalue weighted by Crippen LogP contribution is 2.32. The van der Waals surface area contributed by atoms with Crippen molar-refractivity contribution in [3.63, 3.8) is 0 Å². The molecular weight excluding hydrogens is 274 g/mol. The van der Waals surface area contributed by atoms with E-state index in [1.54, 1.807) is 0 Å². The Morgan fingerprint density at radius 2 is 1.95 bits per heavy atom. The van der Waals surface area contributed by atoms with Crippen molar-refractivity contribution in [1.82, 2.24) is 4.98 Å². The summed E-state index contributed by atoms with van der Waals surface area (Å²) >= 11 is 6.17. The number of hydrogen-bond acceptors (Lipinski definition) is 2. The Kier molecular flexibility index (Phi) is 3.14. The smallest absolute Gasteiger partial charge is 0.302 e. The van der Waals surface area contributed by atoms with E-state index in [0.717, 1.165) is 38.0 Å². The molecule has 3 rings (SSSR count). The molecule has 0 spiro atoms. The van der Waals surface area contributed by atoms with E-state index < -0.39 is 0 Å². The number of carbonyl (C=O) groups excluding carboxylic acids is 1. The number of ether oxygens (including phenoxy) is 1. The van der Waals surface area contributed by atoms with E-state index in [4.69, 9.17) is 16.3 Å². The summed E-state index contributed by atoms with van der Waals surface area (Å²) in [5.41, 5.74) is 4.01. The Morgan fingerprint density at radius 3 is 2.70 bits per heavy atom. The lowest BCUT2D eigenvalue weighted by Crippen LogP contribution is -1.99. The zero-order valence-electron chi connectivity index (χ0n) is 11.3. The number of halogens is 1. The first-order valence-corrected chi connectivity index (χ1v) is 6.77. The number of hydrogen-bond donors (Lipinski definition) is 1. The summed E-state index contributed by atoms with van der Waals surface area (Å²) < 4.78 is 5.10. The van der Waals surface area contributed by atoms with E-state index in [9.17, 15) is 4.79 Å². The molecule has 1 aromatic heterocycles. The van der Waals surface area contributed by atoms with Gasteiger partial charge in [-0.3, -0.25) is 4.79 Å². The first-order valence-electron chi connectivity index (χ1n) is 6.39. The van der Waals surface area contributed by atoms with Crippen molar-refractivity contribution < 1.29 is 9.53 Å². The molecule has 0 bridgehead atoms. The summed E-state index contributed by atoms with van der Waals surface area (Å²) in [6, 6.07) is 9.90. The molecule has 3 nitrogen and oxygen atoms in total. The van der Waals surface area contributed by atoms with Crippen molar-refractivity contribution in [1.29, 1.82) is 0 Å². The Bertz CT molecular complexity index is 820. The lowest BCUT2D eigenvalue weighted by Gasteiger charge is -2.03. The molecule has 1 N–H and O–H groups in total. The van der Waals surface area contributed by atoms with E-state index in [1.165, 1.54) is 6.92 Å². The number of nitrogens with one attached hydrogen (secondary N) is 1. The van der Waals surface area contributed by atoms with Crippen LogP contribution in [0.3, 0.4) is 0 Å². The lowest BCUT2D eigenvalue weighted by molar-refractivity contribution is -0.142. The van der Waals surface area contributed by atoms with E-state index in [1.807, 2.05) is 31.2 Å². The van der Waals surface area contributed by atoms with Gasteiger partial charge in [0.2, 0.25) is 0 Å². The van der Waals surface area contributed by atoms with Crippen LogP contribution in [0.1, 0.15) is 18.1 Å². The van der Waals surface area contributed by atoms with Crippen LogP contribution in [-0.2, 0) is 16.1 Å². The number of H-pyrrole nitrogens is 1. The number of esters is 1. The van der Waals surface area contributed by atoms with Crippen molar-refractivity contribution in [3.05, 3.63) is 46.5 Å². The predicted octanol–water partition coefficient (Wildman–Crippen LogP) is 4.35. The van der Waals surface area contributed by atoms with Crippen LogP contribution in [0.5, 0.6) is 0 Å². The number of para-hydroxylation sites is 1. The minimum absolute atomic E-state index is 0.270. The van der Waals surface area contributed by atoms with Crippen molar-refractivity contribution in [2.75, 3.05) is 0 Å². The number of rotatable bonds is 2. The topological polar surface area (TPSA) is 42.1 Å². The molecule has 4 heteroatoms. The minimum atomic E-state index is -0.280. The fraction of sp³-hybridized carbons (Fsp3) is 0.188. The molecule has 0 atom stereocenters. The maximum atomic E-state index is 11.0. The molecule has 0 aliphatic rings. The van der Waals surface area contributed by atoms with Gasteiger partial charge in [0, 0.05) is 28.3 Å². The second-order valence-corrected chi connectivity index (χ2v) is 5.25. The zero-order valence-corrected chi connectivity index (χ0v) is 12.0. The standard InChI is InChI=1S/C16H14ClNO2/c1-9-14(17)7-6-13-12-5-3-4-11(8-20-10(2)19)16(12)18-15(9)13/h3-7,18H,8H2,1-2H3. The minimum Gasteiger partial charge on any atom is -0.461 e. The molecule has 0 fully saturated rings. The van der Waals surface area contributed by atoms with Crippen LogP contribution in [0.15, 0.2) is 30.3 Å². The monoisotopic (exact) mass is 287 g/mol. The summed E-state index contributed by atoms with van der Waals surface area (Å²) in [4.78, 5) is 14.4. The predicted molar refractivity (Wildman–Crippen MR) is 81.0 cm³/mol. The largest absolute Gasteiger partial charge is 0.461 e. The molecule has 0 saturated heterocycles. The normalized spacial score (nSPS) is 11.2. The molecule has 20 heavy (non-hydrogen) atoms. The van der Waals surface area contributed by atoms with Crippen LogP contribution in [-0.4, -0.2) is 11.0 Å². The summed E-state index contributed by atoms with van der Waals surface area (Å²) in [5.74, 6) is -0.280. The number of aromatic amines is 1. The van der Waals surface area contributed by atoms with Gasteiger partial charge >= 0.3 is 5.97 Å². The third-order valence-corrected chi connectivity index (χ3v) is 3.93. The number of aromatic nitrogens is 1. The third-order valence-electron chi connectivity index (χ3n) is 3.52. The average molecular weight is 288 g/mol. The molecule has 0 amide bonds. The summed E-state index contributed by atoms with van der Waals surface area (Å²) in [6.45, 7) is 3.67. The van der Waals surface area contributed by atoms with Gasteiger partial charge in [0.25, 0.3) is 0 Å². The van der Waals surface area contributed by atoms with E-state index >= 15 is 0 Å². The molecule has 0 aliphatic carbocycles. The van der Waals surface area contributed by atoms with Gasteiger partial charge < -0.3 is 9.72 Å². The second-order valence-electron chi connectivity index (χ2n) is 4.84. The van der Waals surface area contributed by atoms with E-state index in [0.29, 0.717) is 0 Å². The molecule has 102 valence electrons. The van der Waals surface area contributed by atoms with E-state index in [2.05, 4.69) is 11.1 Å². The SMILES string of the molecule is CC(=O)OCc1cccc2c1[nH]c1c(C)c(Cl)ccc12. The van der Waals surface area contributed by atoms with Gasteiger partial charge in [-0.1, -0.05) is 35.9 Å². The van der Waals surface area contributed by atoms with Gasteiger partial charge in [0.1, 0.15) is 6.61 Å². The van der Waals surface area contributed by atoms with Gasteiger partial charge in [0.15, 0.2) is 0 Å². The van der Waals surface area contributed by atoms with Crippen LogP contribution in [0.4, 0.5) is 0 Å². The summed E-state index contributed by atoms with van der Waals surface area (Å²) in [6.07, 6.45) is 0. The van der Waals surface area contributed by atoms with Crippen LogP contribution < -0.4 is 0 Å². The highest BCUT2D eigenvalue weighted by molar-refractivity contribution is 6.32. The quantitative estimate of drug-likeness (QED) is 0.712. The fourth-order valence-corrected chi connectivity index (χ4v) is 2.63. The number of benzene rings is 2. The second kappa shape index (κ2) is 4.84. The molecule has 2 aromatic carbocycles. The maximum absolute atomic E-state index is 11.0. The van der Waals surface area contributed by atoms with Crippen LogP contribution in [0.25, 0.3) is 21.8 Å². The van der Waals surface area contributed by atoms with Gasteiger partial charge in [-0.05, 0) is 18.6 Å². The average Bonchev–Trinajstić information content (AvgIpc) is 2.80. The summed E-state index contributed by atoms with van der Waals surface area (Å²) in [5, 5.41) is 2.99. The maximum Gasteiger partial charge on any atom is 0.302 e. The van der Waals surface area contributed by atoms with Crippen molar-refractivity contribution in [2.24, 2.45) is 0 Å². The highest BCUT2D eigenvalue weighted by atomic mass is 35.5. The molecule has 0 unspecified atom stereocenters. The van der Waals surface area contributed by atoms with Crippen LogP contribution >= 0.6 is 11.6 Å². The third kappa shape index (κ3) is 2.04. The molecule has 0 saturated carbocycles. The van der Waals surface area contributed by atoms with Crippen LogP contribution in [0, 0.1) is 6.92 Å². The Hall–Kier alpha value is -2.00. The van der Waals surface area contributed by atoms with Gasteiger partial charge in [-0.15, -0.1) is 0 Å². The first kappa shape index (κ1) is 13.0. The molecule has 3 aromatic rings. The molecule has 1 heterocycles. The van der Waals surface area contributed by atoms with E-state index in [-0.39, 0.29) is 12.6 Å². The fourth-order valence-electron chi connectivity index (χ4n) is 2.47. The number of fused-ring (bicyclic) bond motifs is 3. The Labute approximate surface area is 121 Å². The van der Waals surface area contributed by atoms with Crippen molar-refractivity contribution >= 4 is 39.4 Å². The highest BCUT2D eigenvalue weighted by Gasteiger charge is 2.11. The van der Waals surface area contributed by atoms with Gasteiger partial charge in [-0.25, -0.2) is 0 Å². The molecular formula is C16H14ClNO2. The Morgan fingerprint density at radius 1 is 1.20 bits per heavy atom. The van der Waals surface area contributed by atoms with Gasteiger partial charge in [0.05, 0.1) is 11.0 Å². The summed E-state index contributed by atoms with van der Waals surface area (Å²) in [7, 11) is 0. The first-order chi connectivity index (χ1) is 9.58. The zero-order chi connectivity index (χ0) is 14.3. The number of aryl methyl sites for hydroxylation is 1. The number of carbonyl (C=O) groups is 1. The van der Waals surface area contributed by atoms with Crippen molar-refractivity contribution in [2.45, 2.75) is 20.5 Å². The lowest BCUT2D eigenvalue weighted by atomic mass is 10.1.